The molecule has 0 atom stereocenters. The monoisotopic (exact) mass is 398 g/mol. The Morgan fingerprint density at radius 1 is 1.11 bits per heavy atom. The van der Waals surface area contributed by atoms with E-state index < -0.39 is 0 Å². The number of thiophene rings is 1. The molecule has 3 rings (SSSR count). The number of fused-ring (bicyclic) bond motifs is 1. The summed E-state index contributed by atoms with van der Waals surface area (Å²) in [5.74, 6) is -0.611. The van der Waals surface area contributed by atoms with E-state index in [2.05, 4.69) is 10.6 Å². The fraction of sp³-hybridized carbons (Fsp3) is 0.143. The molecule has 6 heteroatoms. The summed E-state index contributed by atoms with van der Waals surface area (Å²) in [6.45, 7) is 1.93. The molecule has 2 aromatic carbocycles. The summed E-state index contributed by atoms with van der Waals surface area (Å²) in [5.41, 5.74) is 1.82. The van der Waals surface area contributed by atoms with E-state index in [9.17, 15) is 9.59 Å². The van der Waals surface area contributed by atoms with Crippen molar-refractivity contribution >= 4 is 56.6 Å². The molecule has 0 spiro atoms. The number of hydrogen-bond acceptors (Lipinski definition) is 3. The van der Waals surface area contributed by atoms with E-state index in [0.717, 1.165) is 32.6 Å². The summed E-state index contributed by atoms with van der Waals surface area (Å²) in [4.78, 5) is 24.9. The molecule has 3 aromatic rings. The van der Waals surface area contributed by atoms with Gasteiger partial charge in [-0.25, -0.2) is 0 Å². The minimum atomic E-state index is -0.345. The summed E-state index contributed by atoms with van der Waals surface area (Å²) in [5, 5.41) is 7.01. The molecular weight excluding hydrogens is 380 g/mol. The Hall–Kier alpha value is -2.63. The second kappa shape index (κ2) is 8.84. The summed E-state index contributed by atoms with van der Waals surface area (Å²) in [7, 11) is 0. The maximum atomic E-state index is 12.1. The Labute approximate surface area is 166 Å². The Balaban J connectivity index is 1.56. The molecule has 2 N–H and O–H groups in total. The van der Waals surface area contributed by atoms with E-state index in [1.54, 1.807) is 6.08 Å². The molecule has 0 saturated heterocycles. The lowest BCUT2D eigenvalue weighted by Gasteiger charge is -2.09. The smallest absolute Gasteiger partial charge is 0.244 e. The Morgan fingerprint density at radius 2 is 1.85 bits per heavy atom. The van der Waals surface area contributed by atoms with Crippen LogP contribution in [0.1, 0.15) is 17.4 Å². The van der Waals surface area contributed by atoms with Gasteiger partial charge in [-0.05, 0) is 30.2 Å². The van der Waals surface area contributed by atoms with Crippen molar-refractivity contribution in [3.63, 3.8) is 0 Å². The van der Waals surface area contributed by atoms with Gasteiger partial charge in [0.05, 0.1) is 11.6 Å². The van der Waals surface area contributed by atoms with E-state index in [4.69, 9.17) is 11.6 Å². The van der Waals surface area contributed by atoms with Crippen LogP contribution in [0.5, 0.6) is 0 Å². The summed E-state index contributed by atoms with van der Waals surface area (Å²) in [6, 6.07) is 15.4. The van der Waals surface area contributed by atoms with Crippen LogP contribution in [0.2, 0.25) is 5.02 Å². The first-order valence-electron chi connectivity index (χ1n) is 8.59. The van der Waals surface area contributed by atoms with Crippen LogP contribution in [0.25, 0.3) is 16.2 Å². The van der Waals surface area contributed by atoms with Crippen LogP contribution in [-0.4, -0.2) is 18.4 Å². The average Bonchev–Trinajstić information content (AvgIpc) is 3.01. The van der Waals surface area contributed by atoms with Gasteiger partial charge in [-0.3, -0.25) is 9.59 Å². The van der Waals surface area contributed by atoms with Crippen molar-refractivity contribution in [3.8, 4) is 0 Å². The standard InChI is InChI=1S/C21H19ClN2O2S/c1-2-14-7-3-5-9-16(14)24-20(26)13-23-19(25)12-11-18-21(22)15-8-4-6-10-17(15)27-18/h3-12H,2,13H2,1H3,(H,23,25)(H,24,26)/b12-11+. The number of benzene rings is 2. The molecule has 0 aliphatic heterocycles. The van der Waals surface area contributed by atoms with Gasteiger partial charge in [0.25, 0.3) is 0 Å². The summed E-state index contributed by atoms with van der Waals surface area (Å²) >= 11 is 7.87. The first-order valence-corrected chi connectivity index (χ1v) is 9.78. The molecule has 0 bridgehead atoms. The molecule has 0 saturated carbocycles. The predicted molar refractivity (Wildman–Crippen MR) is 113 cm³/mol. The van der Waals surface area contributed by atoms with Crippen LogP contribution in [0.4, 0.5) is 5.69 Å². The normalized spacial score (nSPS) is 11.0. The highest BCUT2D eigenvalue weighted by molar-refractivity contribution is 7.20. The van der Waals surface area contributed by atoms with Crippen LogP contribution >= 0.6 is 22.9 Å². The van der Waals surface area contributed by atoms with Gasteiger partial charge in [0, 0.05) is 26.7 Å². The van der Waals surface area contributed by atoms with Gasteiger partial charge in [0.15, 0.2) is 0 Å². The lowest BCUT2D eigenvalue weighted by molar-refractivity contribution is -0.121. The molecule has 138 valence electrons. The van der Waals surface area contributed by atoms with Crippen LogP contribution < -0.4 is 10.6 Å². The van der Waals surface area contributed by atoms with Crippen LogP contribution in [-0.2, 0) is 16.0 Å². The van der Waals surface area contributed by atoms with Crippen molar-refractivity contribution in [2.45, 2.75) is 13.3 Å². The zero-order chi connectivity index (χ0) is 19.2. The molecule has 1 aromatic heterocycles. The molecular formula is C21H19ClN2O2S. The van der Waals surface area contributed by atoms with Crippen molar-refractivity contribution in [2.75, 3.05) is 11.9 Å². The van der Waals surface area contributed by atoms with Crippen molar-refractivity contribution < 1.29 is 9.59 Å². The number of hydrogen-bond donors (Lipinski definition) is 2. The molecule has 0 aliphatic carbocycles. The number of carbonyl (C=O) groups excluding carboxylic acids is 2. The number of halogens is 1. The number of carbonyl (C=O) groups is 2. The maximum Gasteiger partial charge on any atom is 0.244 e. The SMILES string of the molecule is CCc1ccccc1NC(=O)CNC(=O)/C=C/c1sc2ccccc2c1Cl. The highest BCUT2D eigenvalue weighted by atomic mass is 35.5. The molecule has 0 aliphatic rings. The summed E-state index contributed by atoms with van der Waals surface area (Å²) < 4.78 is 1.07. The van der Waals surface area contributed by atoms with E-state index in [-0.39, 0.29) is 18.4 Å². The Bertz CT molecular complexity index is 1010. The van der Waals surface area contributed by atoms with Gasteiger partial charge in [0.2, 0.25) is 11.8 Å². The first-order chi connectivity index (χ1) is 13.1. The number of aryl methyl sites for hydroxylation is 1. The molecule has 1 heterocycles. The van der Waals surface area contributed by atoms with E-state index >= 15 is 0 Å². The maximum absolute atomic E-state index is 12.1. The van der Waals surface area contributed by atoms with Gasteiger partial charge in [0.1, 0.15) is 0 Å². The van der Waals surface area contributed by atoms with E-state index in [1.807, 2.05) is 55.5 Å². The Morgan fingerprint density at radius 3 is 2.63 bits per heavy atom. The van der Waals surface area contributed by atoms with Gasteiger partial charge in [-0.15, -0.1) is 11.3 Å². The Kier molecular flexibility index (Phi) is 6.27. The van der Waals surface area contributed by atoms with Crippen LogP contribution in [0.3, 0.4) is 0 Å². The zero-order valence-corrected chi connectivity index (χ0v) is 16.4. The minimum Gasteiger partial charge on any atom is -0.343 e. The third-order valence-electron chi connectivity index (χ3n) is 4.04. The minimum absolute atomic E-state index is 0.0959. The molecule has 27 heavy (non-hydrogen) atoms. The topological polar surface area (TPSA) is 58.2 Å². The van der Waals surface area contributed by atoms with Crippen molar-refractivity contribution in [2.24, 2.45) is 0 Å². The van der Waals surface area contributed by atoms with E-state index in [0.29, 0.717) is 5.02 Å². The van der Waals surface area contributed by atoms with Gasteiger partial charge in [-0.2, -0.15) is 0 Å². The number of anilines is 1. The second-order valence-corrected chi connectivity index (χ2v) is 7.35. The lowest BCUT2D eigenvalue weighted by Crippen LogP contribution is -2.31. The quantitative estimate of drug-likeness (QED) is 0.581. The first kappa shape index (κ1) is 19.1. The third-order valence-corrected chi connectivity index (χ3v) is 5.70. The largest absolute Gasteiger partial charge is 0.343 e. The molecule has 0 fully saturated rings. The van der Waals surface area contributed by atoms with Gasteiger partial charge < -0.3 is 10.6 Å². The number of para-hydroxylation sites is 1. The zero-order valence-electron chi connectivity index (χ0n) is 14.8. The van der Waals surface area contributed by atoms with Gasteiger partial charge >= 0.3 is 0 Å². The lowest BCUT2D eigenvalue weighted by atomic mass is 10.1. The molecule has 0 unspecified atom stereocenters. The van der Waals surface area contributed by atoms with Gasteiger partial charge in [-0.1, -0.05) is 54.9 Å². The predicted octanol–water partition coefficient (Wildman–Crippen LogP) is 4.89. The number of rotatable bonds is 6. The molecule has 4 nitrogen and oxygen atoms in total. The average molecular weight is 399 g/mol. The van der Waals surface area contributed by atoms with Crippen molar-refractivity contribution in [1.82, 2.24) is 5.32 Å². The van der Waals surface area contributed by atoms with Crippen LogP contribution in [0, 0.1) is 0 Å². The fourth-order valence-electron chi connectivity index (χ4n) is 2.66. The number of amides is 2. The molecule has 2 amide bonds. The second-order valence-electron chi connectivity index (χ2n) is 5.89. The highest BCUT2D eigenvalue weighted by Gasteiger charge is 2.09. The third kappa shape index (κ3) is 4.76. The van der Waals surface area contributed by atoms with E-state index in [1.165, 1.54) is 17.4 Å². The van der Waals surface area contributed by atoms with Crippen molar-refractivity contribution in [3.05, 3.63) is 70.1 Å². The summed E-state index contributed by atoms with van der Waals surface area (Å²) in [6.07, 6.45) is 3.89. The highest BCUT2D eigenvalue weighted by Crippen LogP contribution is 2.35. The number of nitrogens with one attached hydrogen (secondary N) is 2. The van der Waals surface area contributed by atoms with Crippen LogP contribution in [0.15, 0.2) is 54.6 Å². The fourth-order valence-corrected chi connectivity index (χ4v) is 4.06. The van der Waals surface area contributed by atoms with Crippen molar-refractivity contribution in [1.29, 1.82) is 0 Å². The molecule has 0 radical (unpaired) electrons.